The Balaban J connectivity index is 2.52. The van der Waals surface area contributed by atoms with Gasteiger partial charge in [-0.3, -0.25) is 0 Å². The van der Waals surface area contributed by atoms with Crippen LogP contribution in [-0.4, -0.2) is 30.5 Å². The number of hydrogen-bond donors (Lipinski definition) is 1. The molecule has 0 aromatic carbocycles. The summed E-state index contributed by atoms with van der Waals surface area (Å²) in [4.78, 5) is 0. The summed E-state index contributed by atoms with van der Waals surface area (Å²) in [5.41, 5.74) is 6.01. The van der Waals surface area contributed by atoms with Gasteiger partial charge < -0.3 is 15.2 Å². The van der Waals surface area contributed by atoms with Crippen LogP contribution in [0.4, 0.5) is 0 Å². The normalized spacial score (nSPS) is 29.2. The highest BCUT2D eigenvalue weighted by Gasteiger charge is 2.48. The highest BCUT2D eigenvalue weighted by molar-refractivity contribution is 4.98. The van der Waals surface area contributed by atoms with Crippen molar-refractivity contribution in [1.82, 2.24) is 0 Å². The lowest BCUT2D eigenvalue weighted by molar-refractivity contribution is -0.0788. The molecule has 1 aliphatic heterocycles. The maximum Gasteiger partial charge on any atom is 0.0678 e. The number of hydrogen-bond acceptors (Lipinski definition) is 3. The zero-order chi connectivity index (χ0) is 12.4. The molecule has 0 aliphatic carbocycles. The molecule has 1 heterocycles. The molecule has 3 heteroatoms. The fraction of sp³-hybridized carbons (Fsp3) is 1.00. The Morgan fingerprint density at radius 1 is 1.38 bits per heavy atom. The van der Waals surface area contributed by atoms with E-state index in [4.69, 9.17) is 15.2 Å². The van der Waals surface area contributed by atoms with Crippen LogP contribution in [0.25, 0.3) is 0 Å². The molecule has 1 fully saturated rings. The molecule has 0 amide bonds. The molecule has 0 spiro atoms. The van der Waals surface area contributed by atoms with Gasteiger partial charge in [-0.15, -0.1) is 0 Å². The fourth-order valence-electron chi connectivity index (χ4n) is 2.75. The highest BCUT2D eigenvalue weighted by Crippen LogP contribution is 2.43. The van der Waals surface area contributed by atoms with Crippen molar-refractivity contribution in [1.29, 1.82) is 0 Å². The number of ether oxygens (including phenoxy) is 2. The third-order valence-electron chi connectivity index (χ3n) is 3.32. The van der Waals surface area contributed by atoms with Gasteiger partial charge in [0.05, 0.1) is 17.8 Å². The largest absolute Gasteiger partial charge is 0.380 e. The molecule has 1 saturated heterocycles. The average molecular weight is 229 g/mol. The minimum Gasteiger partial charge on any atom is -0.380 e. The summed E-state index contributed by atoms with van der Waals surface area (Å²) in [6, 6.07) is 0.0725. The van der Waals surface area contributed by atoms with Crippen molar-refractivity contribution in [3.8, 4) is 0 Å². The Kier molecular flexibility index (Phi) is 4.38. The second-order valence-electron chi connectivity index (χ2n) is 6.01. The predicted molar refractivity (Wildman–Crippen MR) is 66.4 cm³/mol. The van der Waals surface area contributed by atoms with E-state index in [1.165, 1.54) is 0 Å². The zero-order valence-corrected chi connectivity index (χ0v) is 11.4. The monoisotopic (exact) mass is 229 g/mol. The van der Waals surface area contributed by atoms with Crippen LogP contribution in [0.3, 0.4) is 0 Å². The highest BCUT2D eigenvalue weighted by atomic mass is 16.5. The lowest BCUT2D eigenvalue weighted by atomic mass is 9.82. The van der Waals surface area contributed by atoms with E-state index in [1.54, 1.807) is 0 Å². The molecule has 2 N–H and O–H groups in total. The SMILES string of the molecule is CCCOCC(N)C1CC(C)(C)OC1(C)C. The zero-order valence-electron chi connectivity index (χ0n) is 11.4. The van der Waals surface area contributed by atoms with Crippen molar-refractivity contribution in [2.24, 2.45) is 11.7 Å². The van der Waals surface area contributed by atoms with Gasteiger partial charge in [0, 0.05) is 18.6 Å². The first-order chi connectivity index (χ1) is 7.28. The van der Waals surface area contributed by atoms with Crippen LogP contribution in [0.1, 0.15) is 47.5 Å². The molecule has 0 aromatic heterocycles. The summed E-state index contributed by atoms with van der Waals surface area (Å²) < 4.78 is 11.6. The first-order valence-corrected chi connectivity index (χ1v) is 6.32. The molecule has 0 radical (unpaired) electrons. The van der Waals surface area contributed by atoms with Gasteiger partial charge in [0.1, 0.15) is 0 Å². The second-order valence-corrected chi connectivity index (χ2v) is 6.01. The van der Waals surface area contributed by atoms with Crippen molar-refractivity contribution in [3.63, 3.8) is 0 Å². The molecule has 2 atom stereocenters. The molecule has 16 heavy (non-hydrogen) atoms. The lowest BCUT2D eigenvalue weighted by Crippen LogP contribution is -2.43. The molecule has 0 aromatic rings. The molecule has 3 nitrogen and oxygen atoms in total. The van der Waals surface area contributed by atoms with Crippen LogP contribution in [0.2, 0.25) is 0 Å². The van der Waals surface area contributed by atoms with E-state index in [1.807, 2.05) is 0 Å². The van der Waals surface area contributed by atoms with Crippen LogP contribution in [0, 0.1) is 5.92 Å². The smallest absolute Gasteiger partial charge is 0.0678 e. The van der Waals surface area contributed by atoms with Gasteiger partial charge in [-0.1, -0.05) is 6.92 Å². The van der Waals surface area contributed by atoms with E-state index in [0.29, 0.717) is 12.5 Å². The summed E-state index contributed by atoms with van der Waals surface area (Å²) in [7, 11) is 0. The molecule has 0 saturated carbocycles. The van der Waals surface area contributed by atoms with E-state index in [0.717, 1.165) is 19.4 Å². The molecule has 1 aliphatic rings. The fourth-order valence-corrected chi connectivity index (χ4v) is 2.75. The topological polar surface area (TPSA) is 44.5 Å². The van der Waals surface area contributed by atoms with Crippen molar-refractivity contribution in [2.75, 3.05) is 13.2 Å². The second kappa shape index (κ2) is 5.03. The van der Waals surface area contributed by atoms with Crippen LogP contribution in [0.5, 0.6) is 0 Å². The molecule has 96 valence electrons. The van der Waals surface area contributed by atoms with E-state index in [-0.39, 0.29) is 17.2 Å². The molecule has 0 bridgehead atoms. The lowest BCUT2D eigenvalue weighted by Gasteiger charge is -2.30. The van der Waals surface area contributed by atoms with Gasteiger partial charge in [0.25, 0.3) is 0 Å². The van der Waals surface area contributed by atoms with Crippen LogP contribution < -0.4 is 5.73 Å². The summed E-state index contributed by atoms with van der Waals surface area (Å²) in [5, 5.41) is 0. The summed E-state index contributed by atoms with van der Waals surface area (Å²) in [5.74, 6) is 0.374. The Morgan fingerprint density at radius 2 is 2.00 bits per heavy atom. The van der Waals surface area contributed by atoms with E-state index >= 15 is 0 Å². The predicted octanol–water partition coefficient (Wildman–Crippen LogP) is 2.33. The van der Waals surface area contributed by atoms with Gasteiger partial charge in [-0.25, -0.2) is 0 Å². The molecular weight excluding hydrogens is 202 g/mol. The van der Waals surface area contributed by atoms with Crippen molar-refractivity contribution in [2.45, 2.75) is 64.7 Å². The van der Waals surface area contributed by atoms with E-state index in [9.17, 15) is 0 Å². The van der Waals surface area contributed by atoms with Gasteiger partial charge >= 0.3 is 0 Å². The van der Waals surface area contributed by atoms with Crippen LogP contribution in [0.15, 0.2) is 0 Å². The third-order valence-corrected chi connectivity index (χ3v) is 3.32. The van der Waals surface area contributed by atoms with Gasteiger partial charge in [-0.05, 0) is 40.5 Å². The Bertz CT molecular complexity index is 226. The molecule has 2 unspecified atom stereocenters. The van der Waals surface area contributed by atoms with Crippen LogP contribution >= 0.6 is 0 Å². The summed E-state index contributed by atoms with van der Waals surface area (Å²) in [6.07, 6.45) is 2.05. The first-order valence-electron chi connectivity index (χ1n) is 6.32. The van der Waals surface area contributed by atoms with Crippen molar-refractivity contribution < 1.29 is 9.47 Å². The minimum absolute atomic E-state index is 0.0590. The average Bonchev–Trinajstić information content (AvgIpc) is 2.34. The number of rotatable bonds is 5. The van der Waals surface area contributed by atoms with Gasteiger partial charge in [0.15, 0.2) is 0 Å². The third kappa shape index (κ3) is 3.44. The Labute approximate surface area is 99.7 Å². The van der Waals surface area contributed by atoms with Crippen molar-refractivity contribution in [3.05, 3.63) is 0 Å². The molecule has 1 rings (SSSR count). The van der Waals surface area contributed by atoms with E-state index < -0.39 is 0 Å². The van der Waals surface area contributed by atoms with Crippen LogP contribution in [-0.2, 0) is 9.47 Å². The van der Waals surface area contributed by atoms with Gasteiger partial charge in [-0.2, -0.15) is 0 Å². The van der Waals surface area contributed by atoms with Crippen molar-refractivity contribution >= 4 is 0 Å². The Hall–Kier alpha value is -0.120. The van der Waals surface area contributed by atoms with Gasteiger partial charge in [0.2, 0.25) is 0 Å². The standard InChI is InChI=1S/C13H27NO2/c1-6-7-15-9-11(14)10-8-12(2,3)16-13(10,4)5/h10-11H,6-9,14H2,1-5H3. The molecular formula is C13H27NO2. The quantitative estimate of drug-likeness (QED) is 0.736. The number of nitrogens with two attached hydrogens (primary N) is 1. The minimum atomic E-state index is -0.140. The van der Waals surface area contributed by atoms with E-state index in [2.05, 4.69) is 34.6 Å². The summed E-state index contributed by atoms with van der Waals surface area (Å²) in [6.45, 7) is 12.1. The Morgan fingerprint density at radius 3 is 2.44 bits per heavy atom. The maximum atomic E-state index is 6.21. The maximum absolute atomic E-state index is 6.21. The summed E-state index contributed by atoms with van der Waals surface area (Å²) >= 11 is 0. The first kappa shape index (κ1) is 13.9.